The van der Waals surface area contributed by atoms with Gasteiger partial charge in [0.2, 0.25) is 0 Å². The van der Waals surface area contributed by atoms with Crippen LogP contribution in [0.3, 0.4) is 0 Å². The van der Waals surface area contributed by atoms with Crippen LogP contribution in [0.25, 0.3) is 21.5 Å². The molecule has 2 nitrogen and oxygen atoms in total. The maximum absolute atomic E-state index is 10.9. The number of aryl methyl sites for hydroxylation is 1. The van der Waals surface area contributed by atoms with E-state index in [1.807, 2.05) is 0 Å². The first-order valence-electron chi connectivity index (χ1n) is 7.28. The minimum Gasteiger partial charge on any atom is -0.466 e. The Morgan fingerprint density at radius 3 is 2.10 bits per heavy atom. The predicted molar refractivity (Wildman–Crippen MR) is 86.4 cm³/mol. The molecule has 0 radical (unpaired) electrons. The van der Waals surface area contributed by atoms with Crippen LogP contribution in [0.15, 0.2) is 54.6 Å². The van der Waals surface area contributed by atoms with Crippen molar-refractivity contribution in [3.63, 3.8) is 0 Å². The van der Waals surface area contributed by atoms with E-state index in [9.17, 15) is 4.79 Å². The van der Waals surface area contributed by atoms with Crippen LogP contribution in [0, 0.1) is 0 Å². The van der Waals surface area contributed by atoms with Gasteiger partial charge in [0.25, 0.3) is 0 Å². The number of rotatable bonds is 4. The lowest BCUT2D eigenvalue weighted by Gasteiger charge is -2.11. The zero-order chi connectivity index (χ0) is 14.7. The number of hydrogen-bond donors (Lipinski definition) is 0. The SMILES string of the molecule is CC(=O)OCCCc1c2ccccc2cc2ccccc12. The lowest BCUT2D eigenvalue weighted by atomic mass is 9.94. The molecule has 0 atom stereocenters. The van der Waals surface area contributed by atoms with Crippen LogP contribution >= 0.6 is 0 Å². The average Bonchev–Trinajstić information content (AvgIpc) is 2.50. The molecule has 0 aliphatic heterocycles. The summed E-state index contributed by atoms with van der Waals surface area (Å²) in [5.74, 6) is -0.210. The van der Waals surface area contributed by atoms with Gasteiger partial charge in [-0.05, 0) is 46.0 Å². The zero-order valence-corrected chi connectivity index (χ0v) is 12.1. The van der Waals surface area contributed by atoms with Crippen molar-refractivity contribution in [1.82, 2.24) is 0 Å². The third-order valence-electron chi connectivity index (χ3n) is 3.76. The summed E-state index contributed by atoms with van der Waals surface area (Å²) in [7, 11) is 0. The number of carbonyl (C=O) groups excluding carboxylic acids is 1. The normalized spacial score (nSPS) is 10.9. The number of benzene rings is 3. The zero-order valence-electron chi connectivity index (χ0n) is 12.1. The Morgan fingerprint density at radius 1 is 0.952 bits per heavy atom. The van der Waals surface area contributed by atoms with Crippen LogP contribution in [-0.4, -0.2) is 12.6 Å². The third kappa shape index (κ3) is 2.89. The van der Waals surface area contributed by atoms with E-state index in [1.54, 1.807) is 0 Å². The van der Waals surface area contributed by atoms with Gasteiger partial charge < -0.3 is 4.74 Å². The number of carbonyl (C=O) groups is 1. The standard InChI is InChI=1S/C19H18O2/c1-14(20)21-12-6-11-19-17-9-4-2-7-15(17)13-16-8-3-5-10-18(16)19/h2-5,7-10,13H,6,11-12H2,1H3. The summed E-state index contributed by atoms with van der Waals surface area (Å²) in [6, 6.07) is 19.2. The Morgan fingerprint density at radius 2 is 1.52 bits per heavy atom. The van der Waals surface area contributed by atoms with E-state index in [0.717, 1.165) is 12.8 Å². The van der Waals surface area contributed by atoms with Gasteiger partial charge in [0.1, 0.15) is 0 Å². The second-order valence-corrected chi connectivity index (χ2v) is 5.24. The number of hydrogen-bond acceptors (Lipinski definition) is 2. The number of esters is 1. The van der Waals surface area contributed by atoms with E-state index in [-0.39, 0.29) is 5.97 Å². The molecule has 0 saturated carbocycles. The fraction of sp³-hybridized carbons (Fsp3) is 0.211. The smallest absolute Gasteiger partial charge is 0.302 e. The fourth-order valence-corrected chi connectivity index (χ4v) is 2.84. The minimum atomic E-state index is -0.210. The van der Waals surface area contributed by atoms with E-state index in [4.69, 9.17) is 4.74 Å². The maximum Gasteiger partial charge on any atom is 0.302 e. The summed E-state index contributed by atoms with van der Waals surface area (Å²) in [5.41, 5.74) is 1.34. The van der Waals surface area contributed by atoms with E-state index in [2.05, 4.69) is 54.6 Å². The van der Waals surface area contributed by atoms with Gasteiger partial charge in [0, 0.05) is 6.92 Å². The molecular formula is C19H18O2. The molecule has 0 saturated heterocycles. The van der Waals surface area contributed by atoms with Crippen molar-refractivity contribution in [2.24, 2.45) is 0 Å². The van der Waals surface area contributed by atoms with Crippen molar-refractivity contribution in [3.8, 4) is 0 Å². The quantitative estimate of drug-likeness (QED) is 0.399. The molecule has 2 heteroatoms. The first-order chi connectivity index (χ1) is 10.3. The molecular weight excluding hydrogens is 260 g/mol. The summed E-state index contributed by atoms with van der Waals surface area (Å²) >= 11 is 0. The van der Waals surface area contributed by atoms with Gasteiger partial charge in [-0.15, -0.1) is 0 Å². The molecule has 0 heterocycles. The van der Waals surface area contributed by atoms with E-state index >= 15 is 0 Å². The van der Waals surface area contributed by atoms with Crippen LogP contribution in [0.4, 0.5) is 0 Å². The van der Waals surface area contributed by atoms with Gasteiger partial charge in [0.05, 0.1) is 6.61 Å². The van der Waals surface area contributed by atoms with Gasteiger partial charge in [-0.25, -0.2) is 0 Å². The molecule has 0 aliphatic carbocycles. The van der Waals surface area contributed by atoms with E-state index < -0.39 is 0 Å². The van der Waals surface area contributed by atoms with Gasteiger partial charge in [-0.3, -0.25) is 4.79 Å². The fourth-order valence-electron chi connectivity index (χ4n) is 2.84. The summed E-state index contributed by atoms with van der Waals surface area (Å²) < 4.78 is 5.05. The van der Waals surface area contributed by atoms with E-state index in [1.165, 1.54) is 34.0 Å². The summed E-state index contributed by atoms with van der Waals surface area (Å²) in [5, 5.41) is 5.11. The third-order valence-corrected chi connectivity index (χ3v) is 3.76. The minimum absolute atomic E-state index is 0.210. The van der Waals surface area contributed by atoms with Gasteiger partial charge in [-0.1, -0.05) is 48.5 Å². The van der Waals surface area contributed by atoms with Crippen LogP contribution in [0.5, 0.6) is 0 Å². The molecule has 0 spiro atoms. The Kier molecular flexibility index (Phi) is 3.87. The predicted octanol–water partition coefficient (Wildman–Crippen LogP) is 4.49. The highest BCUT2D eigenvalue weighted by Crippen LogP contribution is 2.29. The Labute approximate surface area is 124 Å². The van der Waals surface area contributed by atoms with Crippen molar-refractivity contribution in [2.45, 2.75) is 19.8 Å². The monoisotopic (exact) mass is 278 g/mol. The van der Waals surface area contributed by atoms with Crippen molar-refractivity contribution >= 4 is 27.5 Å². The summed E-state index contributed by atoms with van der Waals surface area (Å²) in [6.45, 7) is 1.93. The molecule has 3 rings (SSSR count). The summed E-state index contributed by atoms with van der Waals surface area (Å²) in [6.07, 6.45) is 1.76. The van der Waals surface area contributed by atoms with Crippen molar-refractivity contribution in [3.05, 3.63) is 60.2 Å². The Balaban J connectivity index is 2.01. The molecule has 0 fully saturated rings. The highest BCUT2D eigenvalue weighted by atomic mass is 16.5. The molecule has 0 aliphatic rings. The van der Waals surface area contributed by atoms with Crippen LogP contribution < -0.4 is 0 Å². The first kappa shape index (κ1) is 13.6. The highest BCUT2D eigenvalue weighted by Gasteiger charge is 2.07. The molecule has 106 valence electrons. The molecule has 0 amide bonds. The maximum atomic E-state index is 10.9. The second-order valence-electron chi connectivity index (χ2n) is 5.24. The Hall–Kier alpha value is -2.35. The van der Waals surface area contributed by atoms with Crippen molar-refractivity contribution < 1.29 is 9.53 Å². The Bertz CT molecular complexity index is 736. The topological polar surface area (TPSA) is 26.3 Å². The molecule has 3 aromatic carbocycles. The van der Waals surface area contributed by atoms with Crippen molar-refractivity contribution in [1.29, 1.82) is 0 Å². The number of fused-ring (bicyclic) bond motifs is 2. The first-order valence-corrected chi connectivity index (χ1v) is 7.28. The largest absolute Gasteiger partial charge is 0.466 e. The molecule has 0 unspecified atom stereocenters. The van der Waals surface area contributed by atoms with Crippen molar-refractivity contribution in [2.75, 3.05) is 6.61 Å². The second kappa shape index (κ2) is 5.96. The van der Waals surface area contributed by atoms with Crippen LogP contribution in [0.2, 0.25) is 0 Å². The molecule has 0 aromatic heterocycles. The molecule has 21 heavy (non-hydrogen) atoms. The molecule has 0 N–H and O–H groups in total. The number of ether oxygens (including phenoxy) is 1. The van der Waals surface area contributed by atoms with Gasteiger partial charge >= 0.3 is 5.97 Å². The van der Waals surface area contributed by atoms with Crippen LogP contribution in [-0.2, 0) is 16.0 Å². The van der Waals surface area contributed by atoms with Gasteiger partial charge in [-0.2, -0.15) is 0 Å². The lowest BCUT2D eigenvalue weighted by Crippen LogP contribution is -2.02. The highest BCUT2D eigenvalue weighted by molar-refractivity contribution is 6.02. The van der Waals surface area contributed by atoms with Crippen LogP contribution in [0.1, 0.15) is 18.9 Å². The lowest BCUT2D eigenvalue weighted by molar-refractivity contribution is -0.141. The van der Waals surface area contributed by atoms with E-state index in [0.29, 0.717) is 6.61 Å². The van der Waals surface area contributed by atoms with Gasteiger partial charge in [0.15, 0.2) is 0 Å². The molecule has 3 aromatic rings. The summed E-state index contributed by atoms with van der Waals surface area (Å²) in [4.78, 5) is 10.9. The molecule has 0 bridgehead atoms. The average molecular weight is 278 g/mol.